The minimum Gasteiger partial charge on any atom is -0.497 e. The highest BCUT2D eigenvalue weighted by Gasteiger charge is 2.30. The van der Waals surface area contributed by atoms with E-state index in [1.165, 1.54) is 30.5 Å². The average Bonchev–Trinajstić information content (AvgIpc) is 3.44. The van der Waals surface area contributed by atoms with Crippen LogP contribution in [0.25, 0.3) is 0 Å². The van der Waals surface area contributed by atoms with E-state index in [4.69, 9.17) is 17.0 Å². The maximum absolute atomic E-state index is 13.0. The van der Waals surface area contributed by atoms with Crippen molar-refractivity contribution < 1.29 is 9.13 Å². The molecule has 2 aromatic rings. The number of hydrogen-bond acceptors (Lipinski definition) is 2. The van der Waals surface area contributed by atoms with Crippen LogP contribution in [0.1, 0.15) is 24.0 Å². The van der Waals surface area contributed by atoms with Gasteiger partial charge < -0.3 is 15.0 Å². The van der Waals surface area contributed by atoms with E-state index in [9.17, 15) is 4.39 Å². The zero-order chi connectivity index (χ0) is 16.9. The summed E-state index contributed by atoms with van der Waals surface area (Å²) in [6.45, 7) is 1.38. The Kier molecular flexibility index (Phi) is 5.30. The Bertz CT molecular complexity index is 684. The van der Waals surface area contributed by atoms with Gasteiger partial charge in [-0.25, -0.2) is 4.39 Å². The van der Waals surface area contributed by atoms with Crippen molar-refractivity contribution in [1.29, 1.82) is 0 Å². The van der Waals surface area contributed by atoms with Gasteiger partial charge in [0.1, 0.15) is 11.6 Å². The number of ether oxygens (including phenoxy) is 1. The molecule has 1 aliphatic carbocycles. The summed E-state index contributed by atoms with van der Waals surface area (Å²) in [7, 11) is 1.67. The Morgan fingerprint density at radius 3 is 2.33 bits per heavy atom. The van der Waals surface area contributed by atoms with Gasteiger partial charge in [0.15, 0.2) is 5.11 Å². The number of thiocarbonyl (C=S) groups is 1. The van der Waals surface area contributed by atoms with Crippen LogP contribution in [0.15, 0.2) is 48.5 Å². The van der Waals surface area contributed by atoms with Crippen molar-refractivity contribution in [2.45, 2.75) is 32.0 Å². The van der Waals surface area contributed by atoms with E-state index in [2.05, 4.69) is 22.3 Å². The van der Waals surface area contributed by atoms with Gasteiger partial charge in [-0.3, -0.25) is 0 Å². The lowest BCUT2D eigenvalue weighted by atomic mass is 10.2. The third kappa shape index (κ3) is 4.45. The summed E-state index contributed by atoms with van der Waals surface area (Å²) in [6, 6.07) is 15.1. The molecule has 0 unspecified atom stereocenters. The molecule has 3 rings (SSSR count). The second-order valence-corrected chi connectivity index (χ2v) is 6.38. The van der Waals surface area contributed by atoms with Crippen molar-refractivity contribution in [3.63, 3.8) is 0 Å². The first kappa shape index (κ1) is 16.7. The minimum absolute atomic E-state index is 0.222. The molecule has 0 amide bonds. The molecule has 0 aromatic heterocycles. The fourth-order valence-electron chi connectivity index (χ4n) is 2.56. The average molecular weight is 344 g/mol. The molecule has 1 fully saturated rings. The molecule has 3 nitrogen and oxygen atoms in total. The zero-order valence-corrected chi connectivity index (χ0v) is 14.5. The van der Waals surface area contributed by atoms with Crippen molar-refractivity contribution in [2.75, 3.05) is 7.11 Å². The Morgan fingerprint density at radius 2 is 1.75 bits per heavy atom. The van der Waals surface area contributed by atoms with Gasteiger partial charge >= 0.3 is 0 Å². The van der Waals surface area contributed by atoms with Crippen LogP contribution < -0.4 is 10.1 Å². The quantitative estimate of drug-likeness (QED) is 0.804. The number of hydrogen-bond donors (Lipinski definition) is 1. The monoisotopic (exact) mass is 344 g/mol. The number of halogens is 1. The van der Waals surface area contributed by atoms with Gasteiger partial charge in [0, 0.05) is 19.1 Å². The lowest BCUT2D eigenvalue weighted by molar-refractivity contribution is 0.394. The van der Waals surface area contributed by atoms with Crippen LogP contribution in [0.4, 0.5) is 4.39 Å². The van der Waals surface area contributed by atoms with Crippen molar-refractivity contribution >= 4 is 17.3 Å². The summed E-state index contributed by atoms with van der Waals surface area (Å²) in [5.41, 5.74) is 2.22. The van der Waals surface area contributed by atoms with Gasteiger partial charge in [-0.2, -0.15) is 0 Å². The Hall–Kier alpha value is -2.14. The molecule has 0 aliphatic heterocycles. The molecule has 1 aliphatic rings. The lowest BCUT2D eigenvalue weighted by Crippen LogP contribution is -2.40. The predicted octanol–water partition coefficient (Wildman–Crippen LogP) is 3.87. The highest BCUT2D eigenvalue weighted by atomic mass is 32.1. The molecule has 24 heavy (non-hydrogen) atoms. The van der Waals surface area contributed by atoms with E-state index in [1.54, 1.807) is 19.2 Å². The van der Waals surface area contributed by atoms with Crippen molar-refractivity contribution in [3.05, 3.63) is 65.5 Å². The van der Waals surface area contributed by atoms with E-state index in [-0.39, 0.29) is 5.82 Å². The standard InChI is InChI=1S/C19H21FN2OS/c1-23-18-10-4-15(5-11-18)13-22(17-8-9-17)19(24)21-12-14-2-6-16(20)7-3-14/h2-7,10-11,17H,8-9,12-13H2,1H3,(H,21,24). The van der Waals surface area contributed by atoms with Crippen LogP contribution in [-0.2, 0) is 13.1 Å². The summed E-state index contributed by atoms with van der Waals surface area (Å²) < 4.78 is 18.2. The van der Waals surface area contributed by atoms with Gasteiger partial charge in [-0.15, -0.1) is 0 Å². The maximum atomic E-state index is 13.0. The highest BCUT2D eigenvalue weighted by Crippen LogP contribution is 2.28. The van der Waals surface area contributed by atoms with E-state index in [0.29, 0.717) is 12.6 Å². The number of methoxy groups -OCH3 is 1. The van der Waals surface area contributed by atoms with E-state index in [1.807, 2.05) is 12.1 Å². The second kappa shape index (κ2) is 7.62. The Balaban J connectivity index is 1.59. The predicted molar refractivity (Wildman–Crippen MR) is 97.4 cm³/mol. The fourth-order valence-corrected chi connectivity index (χ4v) is 2.85. The van der Waals surface area contributed by atoms with E-state index >= 15 is 0 Å². The van der Waals surface area contributed by atoms with Gasteiger partial charge in [0.2, 0.25) is 0 Å². The third-order valence-electron chi connectivity index (χ3n) is 4.12. The van der Waals surface area contributed by atoms with Crippen molar-refractivity contribution in [3.8, 4) is 5.75 Å². The van der Waals surface area contributed by atoms with Gasteiger partial charge in [-0.05, 0) is 60.5 Å². The van der Waals surface area contributed by atoms with Gasteiger partial charge in [0.05, 0.1) is 7.11 Å². The first-order valence-corrected chi connectivity index (χ1v) is 8.48. The van der Waals surface area contributed by atoms with E-state index in [0.717, 1.165) is 23.0 Å². The highest BCUT2D eigenvalue weighted by molar-refractivity contribution is 7.80. The second-order valence-electron chi connectivity index (χ2n) is 5.99. The van der Waals surface area contributed by atoms with Crippen molar-refractivity contribution in [2.24, 2.45) is 0 Å². The van der Waals surface area contributed by atoms with Crippen LogP contribution >= 0.6 is 12.2 Å². The van der Waals surface area contributed by atoms with Crippen LogP contribution in [0, 0.1) is 5.82 Å². The van der Waals surface area contributed by atoms with Gasteiger partial charge in [0.25, 0.3) is 0 Å². The largest absolute Gasteiger partial charge is 0.497 e. The molecule has 2 aromatic carbocycles. The molecule has 5 heteroatoms. The maximum Gasteiger partial charge on any atom is 0.169 e. The molecule has 0 radical (unpaired) electrons. The van der Waals surface area contributed by atoms with Crippen LogP contribution in [0.2, 0.25) is 0 Å². The molecular formula is C19H21FN2OS. The molecule has 0 saturated heterocycles. The first-order valence-electron chi connectivity index (χ1n) is 8.07. The molecule has 126 valence electrons. The molecule has 1 N–H and O–H groups in total. The Morgan fingerprint density at radius 1 is 1.12 bits per heavy atom. The summed E-state index contributed by atoms with van der Waals surface area (Å²) in [5, 5.41) is 4.04. The van der Waals surface area contributed by atoms with Crippen LogP contribution in [0.5, 0.6) is 5.75 Å². The molecule has 0 spiro atoms. The van der Waals surface area contributed by atoms with E-state index < -0.39 is 0 Å². The van der Waals surface area contributed by atoms with Crippen molar-refractivity contribution in [1.82, 2.24) is 10.2 Å². The molecular weight excluding hydrogens is 323 g/mol. The summed E-state index contributed by atoms with van der Waals surface area (Å²) >= 11 is 5.58. The summed E-state index contributed by atoms with van der Waals surface area (Å²) in [6.07, 6.45) is 2.35. The lowest BCUT2D eigenvalue weighted by Gasteiger charge is -2.26. The van der Waals surface area contributed by atoms with Crippen LogP contribution in [-0.4, -0.2) is 23.2 Å². The molecule has 0 bridgehead atoms. The minimum atomic E-state index is -0.222. The zero-order valence-electron chi connectivity index (χ0n) is 13.7. The summed E-state index contributed by atoms with van der Waals surface area (Å²) in [5.74, 6) is 0.633. The number of benzene rings is 2. The smallest absolute Gasteiger partial charge is 0.169 e. The fraction of sp³-hybridized carbons (Fsp3) is 0.316. The first-order chi connectivity index (χ1) is 11.7. The number of rotatable bonds is 6. The molecule has 0 atom stereocenters. The summed E-state index contributed by atoms with van der Waals surface area (Å²) in [4.78, 5) is 2.24. The SMILES string of the molecule is COc1ccc(CN(C(=S)NCc2ccc(F)cc2)C2CC2)cc1. The number of nitrogens with zero attached hydrogens (tertiary/aromatic N) is 1. The number of nitrogens with one attached hydrogen (secondary N) is 1. The molecule has 0 heterocycles. The third-order valence-corrected chi connectivity index (χ3v) is 4.50. The normalized spacial score (nSPS) is 13.4. The molecule has 1 saturated carbocycles. The van der Waals surface area contributed by atoms with Crippen LogP contribution in [0.3, 0.4) is 0 Å². The Labute approximate surface area is 147 Å². The topological polar surface area (TPSA) is 24.5 Å². The van der Waals surface area contributed by atoms with Gasteiger partial charge in [-0.1, -0.05) is 24.3 Å².